The van der Waals surface area contributed by atoms with Crippen molar-refractivity contribution in [3.8, 4) is 5.75 Å². The number of rotatable bonds is 11. The highest BCUT2D eigenvalue weighted by Crippen LogP contribution is 2.29. The van der Waals surface area contributed by atoms with Crippen LogP contribution >= 0.6 is 0 Å². The summed E-state index contributed by atoms with van der Waals surface area (Å²) in [7, 11) is 1.76. The van der Waals surface area contributed by atoms with Gasteiger partial charge < -0.3 is 29.7 Å². The van der Waals surface area contributed by atoms with Crippen molar-refractivity contribution < 1.29 is 43.6 Å². The van der Waals surface area contributed by atoms with Gasteiger partial charge in [-0.1, -0.05) is 55.5 Å². The summed E-state index contributed by atoms with van der Waals surface area (Å²) in [6, 6.07) is 21.9. The summed E-state index contributed by atoms with van der Waals surface area (Å²) in [6.07, 6.45) is 0.294. The van der Waals surface area contributed by atoms with E-state index in [-0.39, 0.29) is 11.1 Å². The monoisotopic (exact) mass is 577 g/mol. The van der Waals surface area contributed by atoms with Gasteiger partial charge in [-0.15, -0.1) is 0 Å². The number of methoxy groups -OCH3 is 1. The summed E-state index contributed by atoms with van der Waals surface area (Å²) in [6.45, 7) is 3.34. The number of carboxylic acids is 2. The number of carbonyl (C=O) groups excluding carboxylic acids is 2. The van der Waals surface area contributed by atoms with Crippen LogP contribution in [0, 0.1) is 0 Å². The fraction of sp³-hybridized carbons (Fsp3) is 0.312. The van der Waals surface area contributed by atoms with Crippen LogP contribution in [0.2, 0.25) is 0 Å². The molecule has 0 unspecified atom stereocenters. The minimum atomic E-state index is -2.21. The second-order valence-electron chi connectivity index (χ2n) is 9.55. The standard InChI is InChI=1S/C18H14O8.C14H21NO/c19-15(20)13(25-17(23)11-7-3-1-4-8-11)14(16(21)22)26-18(24)12-9-5-2-6-10-12;1-3-9-15-12-7-8-13-11(10-12)5-4-6-14(13)16-2/h1-10,13-14H,(H,19,20)(H,21,22);4-6,12,15H,3,7-10H2,1-2H3/t13-,14-;12-/m10/s1. The van der Waals surface area contributed by atoms with Crippen LogP contribution in [-0.4, -0.2) is 66.0 Å². The third-order valence-electron chi connectivity index (χ3n) is 6.59. The van der Waals surface area contributed by atoms with Crippen LogP contribution in [0.25, 0.3) is 0 Å². The Kier molecular flexibility index (Phi) is 12.1. The first-order valence-electron chi connectivity index (χ1n) is 13.6. The molecule has 1 aliphatic rings. The maximum Gasteiger partial charge on any atom is 0.349 e. The molecule has 0 spiro atoms. The number of fused-ring (bicyclic) bond motifs is 1. The molecule has 10 heteroatoms. The van der Waals surface area contributed by atoms with Crippen LogP contribution in [0.5, 0.6) is 5.75 Å². The van der Waals surface area contributed by atoms with Crippen LogP contribution in [0.3, 0.4) is 0 Å². The van der Waals surface area contributed by atoms with Crippen LogP contribution in [-0.2, 0) is 31.9 Å². The molecule has 0 fully saturated rings. The Labute approximate surface area is 244 Å². The highest BCUT2D eigenvalue weighted by Gasteiger charge is 2.41. The van der Waals surface area contributed by atoms with E-state index in [2.05, 4.69) is 30.4 Å². The number of aliphatic carboxylic acids is 2. The Morgan fingerprint density at radius 3 is 1.79 bits per heavy atom. The quantitative estimate of drug-likeness (QED) is 0.284. The third kappa shape index (κ3) is 8.90. The topological polar surface area (TPSA) is 148 Å². The van der Waals surface area contributed by atoms with Crippen molar-refractivity contribution in [3.05, 3.63) is 101 Å². The molecule has 0 radical (unpaired) electrons. The minimum absolute atomic E-state index is 0.0253. The maximum absolute atomic E-state index is 12.0. The van der Waals surface area contributed by atoms with E-state index in [1.807, 2.05) is 0 Å². The molecule has 222 valence electrons. The van der Waals surface area contributed by atoms with Crippen LogP contribution in [0.4, 0.5) is 0 Å². The zero-order chi connectivity index (χ0) is 30.5. The summed E-state index contributed by atoms with van der Waals surface area (Å²) in [5, 5.41) is 22.1. The highest BCUT2D eigenvalue weighted by atomic mass is 16.6. The maximum atomic E-state index is 12.0. The number of hydrogen-bond donors (Lipinski definition) is 3. The van der Waals surface area contributed by atoms with E-state index in [1.165, 1.54) is 72.5 Å². The summed E-state index contributed by atoms with van der Waals surface area (Å²) in [5.41, 5.74) is 2.92. The van der Waals surface area contributed by atoms with E-state index >= 15 is 0 Å². The van der Waals surface area contributed by atoms with Gasteiger partial charge in [0.25, 0.3) is 0 Å². The van der Waals surface area contributed by atoms with Gasteiger partial charge >= 0.3 is 23.9 Å². The molecule has 0 saturated heterocycles. The number of carbonyl (C=O) groups is 4. The number of hydrogen-bond acceptors (Lipinski definition) is 8. The zero-order valence-corrected chi connectivity index (χ0v) is 23.5. The first kappa shape index (κ1) is 31.8. The van der Waals surface area contributed by atoms with E-state index in [0.717, 1.165) is 25.1 Å². The summed E-state index contributed by atoms with van der Waals surface area (Å²) in [5.74, 6) is -4.57. The Bertz CT molecular complexity index is 1280. The van der Waals surface area contributed by atoms with Crippen molar-refractivity contribution >= 4 is 23.9 Å². The number of nitrogens with one attached hydrogen (secondary N) is 1. The van der Waals surface area contributed by atoms with E-state index in [9.17, 15) is 29.4 Å². The van der Waals surface area contributed by atoms with Crippen molar-refractivity contribution in [2.75, 3.05) is 13.7 Å². The Morgan fingerprint density at radius 1 is 0.810 bits per heavy atom. The predicted molar refractivity (Wildman–Crippen MR) is 154 cm³/mol. The molecule has 3 aromatic carbocycles. The highest BCUT2D eigenvalue weighted by molar-refractivity contribution is 5.95. The normalized spacial score (nSPS) is 15.0. The summed E-state index contributed by atoms with van der Waals surface area (Å²) in [4.78, 5) is 46.8. The zero-order valence-electron chi connectivity index (χ0n) is 23.5. The van der Waals surface area contributed by atoms with Crippen LogP contribution in [0.15, 0.2) is 78.9 Å². The van der Waals surface area contributed by atoms with Gasteiger partial charge in [-0.05, 0) is 73.7 Å². The lowest BCUT2D eigenvalue weighted by molar-refractivity contribution is -0.166. The molecular formula is C32H35NO9. The van der Waals surface area contributed by atoms with Gasteiger partial charge in [0.2, 0.25) is 12.2 Å². The van der Waals surface area contributed by atoms with Crippen molar-refractivity contribution in [1.82, 2.24) is 5.32 Å². The van der Waals surface area contributed by atoms with Crippen LogP contribution in [0.1, 0.15) is 51.6 Å². The average Bonchev–Trinajstić information content (AvgIpc) is 3.01. The molecule has 1 aliphatic carbocycles. The number of ether oxygens (including phenoxy) is 3. The van der Waals surface area contributed by atoms with E-state index < -0.39 is 36.1 Å². The fourth-order valence-electron chi connectivity index (χ4n) is 4.48. The van der Waals surface area contributed by atoms with Gasteiger partial charge in [0.05, 0.1) is 18.2 Å². The van der Waals surface area contributed by atoms with E-state index in [0.29, 0.717) is 6.04 Å². The second-order valence-corrected chi connectivity index (χ2v) is 9.55. The second kappa shape index (κ2) is 15.9. The smallest absolute Gasteiger partial charge is 0.349 e. The largest absolute Gasteiger partial charge is 0.496 e. The molecule has 0 aliphatic heterocycles. The predicted octanol–water partition coefficient (Wildman–Crippen LogP) is 4.16. The van der Waals surface area contributed by atoms with Gasteiger partial charge in [0, 0.05) is 6.04 Å². The van der Waals surface area contributed by atoms with Gasteiger partial charge in [0.1, 0.15) is 5.75 Å². The number of benzene rings is 3. The molecule has 10 nitrogen and oxygen atoms in total. The van der Waals surface area contributed by atoms with Crippen molar-refractivity contribution in [2.24, 2.45) is 0 Å². The SMILES string of the molecule is CCCN[C@H]1CCc2c(cccc2OC)C1.O=C(O[C@@H](C(=O)O)[C@@H](OC(=O)c1ccccc1)C(=O)O)c1ccccc1. The van der Waals surface area contributed by atoms with E-state index in [1.54, 1.807) is 19.2 Å². The van der Waals surface area contributed by atoms with Crippen molar-refractivity contribution in [1.29, 1.82) is 0 Å². The molecule has 3 N–H and O–H groups in total. The lowest BCUT2D eigenvalue weighted by Gasteiger charge is -2.26. The molecule has 0 amide bonds. The average molecular weight is 578 g/mol. The first-order chi connectivity index (χ1) is 20.2. The lowest BCUT2D eigenvalue weighted by atomic mass is 9.87. The molecule has 3 atom stereocenters. The van der Waals surface area contributed by atoms with Gasteiger partial charge in [-0.3, -0.25) is 0 Å². The van der Waals surface area contributed by atoms with Gasteiger partial charge in [0.15, 0.2) is 0 Å². The molecule has 0 bridgehead atoms. The lowest BCUT2D eigenvalue weighted by Crippen LogP contribution is -2.45. The molecule has 0 saturated carbocycles. The molecule has 0 aromatic heterocycles. The molecule has 3 aromatic rings. The summed E-state index contributed by atoms with van der Waals surface area (Å²) < 4.78 is 14.9. The van der Waals surface area contributed by atoms with Crippen molar-refractivity contribution in [3.63, 3.8) is 0 Å². The van der Waals surface area contributed by atoms with Gasteiger partial charge in [-0.25, -0.2) is 19.2 Å². The summed E-state index contributed by atoms with van der Waals surface area (Å²) >= 11 is 0. The van der Waals surface area contributed by atoms with Gasteiger partial charge in [-0.2, -0.15) is 0 Å². The number of carboxylic acid groups (broad SMARTS) is 2. The van der Waals surface area contributed by atoms with E-state index in [4.69, 9.17) is 14.2 Å². The van der Waals surface area contributed by atoms with Crippen LogP contribution < -0.4 is 10.1 Å². The van der Waals surface area contributed by atoms with Crippen molar-refractivity contribution in [2.45, 2.75) is 50.9 Å². The first-order valence-corrected chi connectivity index (χ1v) is 13.6. The molecule has 42 heavy (non-hydrogen) atoms. The Hall–Kier alpha value is -4.70. The molecular weight excluding hydrogens is 542 g/mol. The minimum Gasteiger partial charge on any atom is -0.496 e. The third-order valence-corrected chi connectivity index (χ3v) is 6.59. The number of esters is 2. The fourth-order valence-corrected chi connectivity index (χ4v) is 4.48. The Balaban J connectivity index is 0.000000258. The molecule has 4 rings (SSSR count). The molecule has 0 heterocycles. The Morgan fingerprint density at radius 2 is 1.33 bits per heavy atom.